The Morgan fingerprint density at radius 2 is 0.939 bits per heavy atom. The molecule has 0 aromatic heterocycles. The van der Waals surface area contributed by atoms with Crippen molar-refractivity contribution in [1.82, 2.24) is 0 Å². The molecule has 0 aromatic carbocycles. The molecule has 0 amide bonds. The lowest BCUT2D eigenvalue weighted by Crippen LogP contribution is -2.61. The Balaban J connectivity index is 1.71. The maximum Gasteiger partial charge on any atom is 0.306 e. The first-order valence-electron chi connectivity index (χ1n) is 26.1. The zero-order chi connectivity index (χ0) is 48.0. The van der Waals surface area contributed by atoms with Gasteiger partial charge in [0.2, 0.25) is 0 Å². The molecule has 11 atom stereocenters. The number of unbranched alkanes of at least 4 members (excludes halogenated alkanes) is 21. The van der Waals surface area contributed by atoms with Gasteiger partial charge in [0.15, 0.2) is 12.6 Å². The van der Waals surface area contributed by atoms with E-state index in [1.165, 1.54) is 103 Å². The molecule has 66 heavy (non-hydrogen) atoms. The first kappa shape index (κ1) is 60.3. The number of aliphatic hydroxyl groups is 7. The van der Waals surface area contributed by atoms with E-state index in [4.69, 9.17) is 28.4 Å². The quantitative estimate of drug-likeness (QED) is 0.0177. The summed E-state index contributed by atoms with van der Waals surface area (Å²) in [6.07, 6.45) is 27.9. The van der Waals surface area contributed by atoms with Gasteiger partial charge < -0.3 is 64.2 Å². The van der Waals surface area contributed by atoms with Gasteiger partial charge in [-0.15, -0.1) is 0 Å². The first-order valence-corrected chi connectivity index (χ1v) is 26.1. The predicted molar refractivity (Wildman–Crippen MR) is 256 cm³/mol. The van der Waals surface area contributed by atoms with Crippen LogP contribution in [0.15, 0.2) is 36.5 Å². The van der Waals surface area contributed by atoms with E-state index in [-0.39, 0.29) is 25.6 Å². The normalized spacial score (nSPS) is 26.6. The van der Waals surface area contributed by atoms with Gasteiger partial charge in [-0.3, -0.25) is 4.79 Å². The molecule has 2 saturated heterocycles. The molecule has 0 bridgehead atoms. The van der Waals surface area contributed by atoms with E-state index in [0.29, 0.717) is 13.0 Å². The fourth-order valence-electron chi connectivity index (χ4n) is 8.12. The van der Waals surface area contributed by atoms with Crippen molar-refractivity contribution in [2.24, 2.45) is 0 Å². The molecule has 11 unspecified atom stereocenters. The number of allylic oxidation sites excluding steroid dienone is 6. The highest BCUT2D eigenvalue weighted by atomic mass is 16.7. The molecule has 0 aliphatic carbocycles. The molecule has 386 valence electrons. The van der Waals surface area contributed by atoms with Gasteiger partial charge in [-0.2, -0.15) is 0 Å². The van der Waals surface area contributed by atoms with Gasteiger partial charge in [0.25, 0.3) is 0 Å². The molecule has 0 radical (unpaired) electrons. The summed E-state index contributed by atoms with van der Waals surface area (Å²) < 4.78 is 34.2. The lowest BCUT2D eigenvalue weighted by atomic mass is 9.98. The average Bonchev–Trinajstić information content (AvgIpc) is 3.31. The maximum atomic E-state index is 13.0. The number of carbonyl (C=O) groups is 1. The van der Waals surface area contributed by atoms with Crippen LogP contribution in [0.4, 0.5) is 0 Å². The Morgan fingerprint density at radius 1 is 0.500 bits per heavy atom. The number of aliphatic hydroxyl groups excluding tert-OH is 7. The summed E-state index contributed by atoms with van der Waals surface area (Å²) in [6.45, 7) is 3.65. The largest absolute Gasteiger partial charge is 0.457 e. The fourth-order valence-corrected chi connectivity index (χ4v) is 8.12. The third-order valence-electron chi connectivity index (χ3n) is 12.4. The molecule has 2 aliphatic heterocycles. The van der Waals surface area contributed by atoms with Crippen LogP contribution in [0.25, 0.3) is 0 Å². The molecule has 0 aromatic rings. The standard InChI is InChI=1S/C52H94O14/c1-3-5-7-9-11-13-14-15-16-17-18-19-20-21-22-23-24-25-26-27-29-31-33-35-44(54)64-41(38-61-36-34-32-30-28-12-10-8-6-4-2)39-62-51-50(60)48(58)46(56)43(66-51)40-63-52-49(59)47(57)45(55)42(37-53)65-52/h14-15,17-18,20-21,41-43,45-53,55-60H,3-13,16,19,22-40H2,1-2H3/b15-14-,18-17-,21-20-. The van der Waals surface area contributed by atoms with Gasteiger partial charge in [-0.1, -0.05) is 166 Å². The zero-order valence-electron chi connectivity index (χ0n) is 40.9. The number of hydrogen-bond donors (Lipinski definition) is 7. The van der Waals surface area contributed by atoms with Gasteiger partial charge in [0.1, 0.15) is 54.9 Å². The predicted octanol–water partition coefficient (Wildman–Crippen LogP) is 7.80. The molecule has 0 saturated carbocycles. The van der Waals surface area contributed by atoms with Crippen molar-refractivity contribution in [2.45, 2.75) is 255 Å². The third kappa shape index (κ3) is 27.4. The highest BCUT2D eigenvalue weighted by Crippen LogP contribution is 2.26. The number of ether oxygens (including phenoxy) is 6. The van der Waals surface area contributed by atoms with Crippen LogP contribution >= 0.6 is 0 Å². The van der Waals surface area contributed by atoms with E-state index in [1.807, 2.05) is 0 Å². The van der Waals surface area contributed by atoms with Crippen LogP contribution in [0.5, 0.6) is 0 Å². The van der Waals surface area contributed by atoms with Crippen LogP contribution in [-0.2, 0) is 33.2 Å². The lowest BCUT2D eigenvalue weighted by Gasteiger charge is -2.42. The third-order valence-corrected chi connectivity index (χ3v) is 12.4. The van der Waals surface area contributed by atoms with Crippen molar-refractivity contribution in [3.63, 3.8) is 0 Å². The Morgan fingerprint density at radius 3 is 1.47 bits per heavy atom. The Hall–Kier alpha value is -1.79. The van der Waals surface area contributed by atoms with Crippen molar-refractivity contribution in [3.05, 3.63) is 36.5 Å². The fraction of sp³-hybridized carbons (Fsp3) is 0.865. The second-order valence-electron chi connectivity index (χ2n) is 18.3. The number of rotatable bonds is 41. The summed E-state index contributed by atoms with van der Waals surface area (Å²) in [6, 6.07) is 0. The Labute approximate surface area is 398 Å². The summed E-state index contributed by atoms with van der Waals surface area (Å²) in [5.74, 6) is -0.384. The molecular formula is C52H94O14. The van der Waals surface area contributed by atoms with Crippen LogP contribution in [0, 0.1) is 0 Å². The van der Waals surface area contributed by atoms with Gasteiger partial charge in [0.05, 0.1) is 26.4 Å². The van der Waals surface area contributed by atoms with Crippen LogP contribution in [0.3, 0.4) is 0 Å². The van der Waals surface area contributed by atoms with E-state index in [1.54, 1.807) is 0 Å². The van der Waals surface area contributed by atoms with Crippen LogP contribution in [0.1, 0.15) is 187 Å². The monoisotopic (exact) mass is 943 g/mol. The molecule has 0 spiro atoms. The minimum Gasteiger partial charge on any atom is -0.457 e. The Bertz CT molecular complexity index is 1230. The van der Waals surface area contributed by atoms with Crippen molar-refractivity contribution in [2.75, 3.05) is 33.0 Å². The average molecular weight is 943 g/mol. The van der Waals surface area contributed by atoms with Gasteiger partial charge in [-0.25, -0.2) is 0 Å². The maximum absolute atomic E-state index is 13.0. The molecule has 7 N–H and O–H groups in total. The van der Waals surface area contributed by atoms with Gasteiger partial charge in [-0.05, 0) is 51.4 Å². The second kappa shape index (κ2) is 40.0. The van der Waals surface area contributed by atoms with E-state index in [0.717, 1.165) is 57.8 Å². The second-order valence-corrected chi connectivity index (χ2v) is 18.3. The number of hydrogen-bond acceptors (Lipinski definition) is 14. The SMILES string of the molecule is CCCCCCC/C=C\C/C=C\C/C=C\CCCCCCCCCCC(=O)OC(COCCCCCCCCCCC)COC1OC(COC2OC(CO)C(O)C(O)C2O)C(O)C(O)C1O. The van der Waals surface area contributed by atoms with Crippen LogP contribution in [0.2, 0.25) is 0 Å². The summed E-state index contributed by atoms with van der Waals surface area (Å²) in [5.41, 5.74) is 0. The number of carbonyl (C=O) groups excluding carboxylic acids is 1. The molecule has 2 rings (SSSR count). The molecule has 14 heteroatoms. The molecule has 2 aliphatic rings. The first-order chi connectivity index (χ1) is 32.1. The lowest BCUT2D eigenvalue weighted by molar-refractivity contribution is -0.332. The van der Waals surface area contributed by atoms with Crippen LogP contribution in [-0.4, -0.2) is 142 Å². The summed E-state index contributed by atoms with van der Waals surface area (Å²) in [5, 5.41) is 72.0. The number of esters is 1. The van der Waals surface area contributed by atoms with E-state index < -0.39 is 80.7 Å². The highest BCUT2D eigenvalue weighted by molar-refractivity contribution is 5.69. The van der Waals surface area contributed by atoms with Gasteiger partial charge in [0, 0.05) is 13.0 Å². The minimum atomic E-state index is -1.71. The summed E-state index contributed by atoms with van der Waals surface area (Å²) in [7, 11) is 0. The smallest absolute Gasteiger partial charge is 0.306 e. The van der Waals surface area contributed by atoms with E-state index in [9.17, 15) is 40.5 Å². The summed E-state index contributed by atoms with van der Waals surface area (Å²) >= 11 is 0. The van der Waals surface area contributed by atoms with Crippen LogP contribution < -0.4 is 0 Å². The minimum absolute atomic E-state index is 0.0600. The van der Waals surface area contributed by atoms with Crippen molar-refractivity contribution in [1.29, 1.82) is 0 Å². The zero-order valence-corrected chi connectivity index (χ0v) is 40.9. The van der Waals surface area contributed by atoms with E-state index in [2.05, 4.69) is 50.3 Å². The van der Waals surface area contributed by atoms with Crippen molar-refractivity contribution < 1.29 is 69.0 Å². The molecule has 2 heterocycles. The van der Waals surface area contributed by atoms with E-state index >= 15 is 0 Å². The highest BCUT2D eigenvalue weighted by Gasteiger charge is 2.47. The van der Waals surface area contributed by atoms with Crippen molar-refractivity contribution >= 4 is 5.97 Å². The molecular weight excluding hydrogens is 849 g/mol. The Kier molecular flexibility index (Phi) is 36.6. The summed E-state index contributed by atoms with van der Waals surface area (Å²) in [4.78, 5) is 13.0. The van der Waals surface area contributed by atoms with Gasteiger partial charge >= 0.3 is 5.97 Å². The molecule has 2 fully saturated rings. The topological polar surface area (TPSA) is 214 Å². The van der Waals surface area contributed by atoms with Crippen molar-refractivity contribution in [3.8, 4) is 0 Å². The molecule has 14 nitrogen and oxygen atoms in total.